The number of carbonyl (C=O) groups excluding carboxylic acids is 1. The Morgan fingerprint density at radius 1 is 1.00 bits per heavy atom. The normalized spacial score (nSPS) is 11.2. The fraction of sp³-hybridized carbons (Fsp3) is 0.0714. The molecule has 0 aliphatic carbocycles. The molecule has 0 radical (unpaired) electrons. The highest BCUT2D eigenvalue weighted by Gasteiger charge is 2.16. The number of benzene rings is 2. The fourth-order valence-electron chi connectivity index (χ4n) is 1.72. The lowest BCUT2D eigenvalue weighted by atomic mass is 10.2. The highest BCUT2D eigenvalue weighted by Crippen LogP contribution is 2.17. The molecular weight excluding hydrogens is 262 g/mol. The lowest BCUT2D eigenvalue weighted by Crippen LogP contribution is -2.12. The van der Waals surface area contributed by atoms with Gasteiger partial charge in [-0.1, -0.05) is 36.4 Å². The molecule has 5 heteroatoms. The highest BCUT2D eigenvalue weighted by molar-refractivity contribution is 7.90. The van der Waals surface area contributed by atoms with Gasteiger partial charge in [0.1, 0.15) is 0 Å². The van der Waals surface area contributed by atoms with E-state index in [1.807, 2.05) is 6.07 Å². The van der Waals surface area contributed by atoms with E-state index in [0.717, 1.165) is 0 Å². The Morgan fingerprint density at radius 3 is 2.32 bits per heavy atom. The molecule has 0 fully saturated rings. The van der Waals surface area contributed by atoms with Crippen molar-refractivity contribution in [1.29, 1.82) is 0 Å². The minimum Gasteiger partial charge on any atom is -0.366 e. The first kappa shape index (κ1) is 13.3. The van der Waals surface area contributed by atoms with Gasteiger partial charge in [-0.25, -0.2) is 8.42 Å². The van der Waals surface area contributed by atoms with Crippen LogP contribution in [-0.2, 0) is 15.6 Å². The third kappa shape index (κ3) is 3.20. The summed E-state index contributed by atoms with van der Waals surface area (Å²) < 4.78 is 24.4. The van der Waals surface area contributed by atoms with Gasteiger partial charge in [0.15, 0.2) is 9.84 Å². The zero-order valence-corrected chi connectivity index (χ0v) is 10.9. The van der Waals surface area contributed by atoms with E-state index in [1.54, 1.807) is 24.3 Å². The van der Waals surface area contributed by atoms with E-state index >= 15 is 0 Å². The summed E-state index contributed by atoms with van der Waals surface area (Å²) in [7, 11) is -3.48. The molecule has 0 spiro atoms. The summed E-state index contributed by atoms with van der Waals surface area (Å²) in [6.45, 7) is 0. The Balaban J connectivity index is 2.35. The molecule has 0 saturated carbocycles. The number of sulfone groups is 1. The molecule has 0 aliphatic heterocycles. The van der Waals surface area contributed by atoms with Crippen LogP contribution in [0.3, 0.4) is 0 Å². The first-order valence-corrected chi connectivity index (χ1v) is 7.31. The van der Waals surface area contributed by atoms with Gasteiger partial charge in [0.2, 0.25) is 5.91 Å². The zero-order valence-electron chi connectivity index (χ0n) is 10.1. The van der Waals surface area contributed by atoms with E-state index in [0.29, 0.717) is 5.56 Å². The molecule has 0 saturated heterocycles. The minimum absolute atomic E-state index is 0.101. The van der Waals surface area contributed by atoms with Crippen LogP contribution in [0.15, 0.2) is 59.5 Å². The monoisotopic (exact) mass is 275 g/mol. The SMILES string of the molecule is NC(=O)c1cccc(S(=O)(=O)Cc2ccccc2)c1. The molecule has 0 heterocycles. The van der Waals surface area contributed by atoms with Crippen molar-refractivity contribution in [2.45, 2.75) is 10.6 Å². The van der Waals surface area contributed by atoms with Crippen molar-refractivity contribution in [2.75, 3.05) is 0 Å². The molecule has 0 unspecified atom stereocenters. The summed E-state index contributed by atoms with van der Waals surface area (Å²) in [5.41, 5.74) is 6.03. The van der Waals surface area contributed by atoms with Crippen LogP contribution < -0.4 is 5.73 Å². The second-order valence-electron chi connectivity index (χ2n) is 4.14. The van der Waals surface area contributed by atoms with Crippen LogP contribution in [0.25, 0.3) is 0 Å². The number of rotatable bonds is 4. The molecular formula is C14H13NO3S. The first-order valence-electron chi connectivity index (χ1n) is 5.65. The van der Waals surface area contributed by atoms with Gasteiger partial charge in [-0.3, -0.25) is 4.79 Å². The van der Waals surface area contributed by atoms with Gasteiger partial charge >= 0.3 is 0 Å². The molecule has 1 amide bonds. The third-order valence-corrected chi connectivity index (χ3v) is 4.36. The Labute approximate surface area is 111 Å². The van der Waals surface area contributed by atoms with Crippen LogP contribution in [0.5, 0.6) is 0 Å². The zero-order chi connectivity index (χ0) is 13.9. The fourth-order valence-corrected chi connectivity index (χ4v) is 3.11. The van der Waals surface area contributed by atoms with Crippen molar-refractivity contribution in [2.24, 2.45) is 5.73 Å². The number of nitrogens with two attached hydrogens (primary N) is 1. The van der Waals surface area contributed by atoms with Gasteiger partial charge in [0.25, 0.3) is 0 Å². The highest BCUT2D eigenvalue weighted by atomic mass is 32.2. The van der Waals surface area contributed by atoms with E-state index in [9.17, 15) is 13.2 Å². The molecule has 98 valence electrons. The van der Waals surface area contributed by atoms with Gasteiger partial charge in [-0.2, -0.15) is 0 Å². The number of primary amides is 1. The smallest absolute Gasteiger partial charge is 0.248 e. The molecule has 2 aromatic carbocycles. The molecule has 4 nitrogen and oxygen atoms in total. The second-order valence-corrected chi connectivity index (χ2v) is 6.13. The van der Waals surface area contributed by atoms with Crippen molar-refractivity contribution in [3.63, 3.8) is 0 Å². The van der Waals surface area contributed by atoms with E-state index in [-0.39, 0.29) is 16.2 Å². The van der Waals surface area contributed by atoms with Gasteiger partial charge in [0, 0.05) is 5.56 Å². The summed E-state index contributed by atoms with van der Waals surface area (Å²) in [6.07, 6.45) is 0. The number of hydrogen-bond donors (Lipinski definition) is 1. The maximum absolute atomic E-state index is 12.2. The van der Waals surface area contributed by atoms with Crippen LogP contribution in [0, 0.1) is 0 Å². The molecule has 2 N–H and O–H groups in total. The first-order chi connectivity index (χ1) is 8.99. The van der Waals surface area contributed by atoms with E-state index in [2.05, 4.69) is 0 Å². The van der Waals surface area contributed by atoms with Crippen LogP contribution in [0.4, 0.5) is 0 Å². The molecule has 2 rings (SSSR count). The Kier molecular flexibility index (Phi) is 3.66. The summed E-state index contributed by atoms with van der Waals surface area (Å²) in [6, 6.07) is 14.7. The predicted octanol–water partition coefficient (Wildman–Crippen LogP) is 1.76. The number of carbonyl (C=O) groups is 1. The Bertz CT molecular complexity index is 694. The van der Waals surface area contributed by atoms with Crippen molar-refractivity contribution in [1.82, 2.24) is 0 Å². The summed E-state index contributed by atoms with van der Waals surface area (Å²) >= 11 is 0. The van der Waals surface area contributed by atoms with Crippen LogP contribution >= 0.6 is 0 Å². The average Bonchev–Trinajstić information content (AvgIpc) is 2.39. The minimum atomic E-state index is -3.48. The average molecular weight is 275 g/mol. The van der Waals surface area contributed by atoms with Gasteiger partial charge in [-0.05, 0) is 23.8 Å². The lowest BCUT2D eigenvalue weighted by Gasteiger charge is -2.05. The van der Waals surface area contributed by atoms with Crippen LogP contribution in [-0.4, -0.2) is 14.3 Å². The molecule has 2 aromatic rings. The summed E-state index contributed by atoms with van der Waals surface area (Å²) in [5.74, 6) is -0.743. The third-order valence-electron chi connectivity index (χ3n) is 2.68. The van der Waals surface area contributed by atoms with E-state index < -0.39 is 15.7 Å². The largest absolute Gasteiger partial charge is 0.366 e. The molecule has 19 heavy (non-hydrogen) atoms. The topological polar surface area (TPSA) is 77.2 Å². The number of hydrogen-bond acceptors (Lipinski definition) is 3. The van der Waals surface area contributed by atoms with E-state index in [1.165, 1.54) is 24.3 Å². The summed E-state index contributed by atoms with van der Waals surface area (Å²) in [4.78, 5) is 11.2. The molecule has 0 atom stereocenters. The maximum atomic E-state index is 12.2. The van der Waals surface area contributed by atoms with Gasteiger partial charge in [-0.15, -0.1) is 0 Å². The lowest BCUT2D eigenvalue weighted by molar-refractivity contribution is 0.1000. The van der Waals surface area contributed by atoms with Crippen molar-refractivity contribution in [3.8, 4) is 0 Å². The van der Waals surface area contributed by atoms with Gasteiger partial charge < -0.3 is 5.73 Å². The Morgan fingerprint density at radius 2 is 1.68 bits per heavy atom. The molecule has 0 bridgehead atoms. The molecule has 0 aromatic heterocycles. The predicted molar refractivity (Wildman–Crippen MR) is 72.3 cm³/mol. The maximum Gasteiger partial charge on any atom is 0.248 e. The van der Waals surface area contributed by atoms with Crippen LogP contribution in [0.2, 0.25) is 0 Å². The second kappa shape index (κ2) is 5.24. The number of amides is 1. The van der Waals surface area contributed by atoms with Crippen molar-refractivity contribution < 1.29 is 13.2 Å². The standard InChI is InChI=1S/C14H13NO3S/c15-14(16)12-7-4-8-13(9-12)19(17,18)10-11-5-2-1-3-6-11/h1-9H,10H2,(H2,15,16). The summed E-state index contributed by atoms with van der Waals surface area (Å²) in [5, 5.41) is 0. The van der Waals surface area contributed by atoms with Crippen molar-refractivity contribution in [3.05, 3.63) is 65.7 Å². The molecule has 0 aliphatic rings. The van der Waals surface area contributed by atoms with Gasteiger partial charge in [0.05, 0.1) is 10.6 Å². The Hall–Kier alpha value is -2.14. The van der Waals surface area contributed by atoms with Crippen LogP contribution in [0.1, 0.15) is 15.9 Å². The van der Waals surface area contributed by atoms with E-state index in [4.69, 9.17) is 5.73 Å². The quantitative estimate of drug-likeness (QED) is 0.923. The van der Waals surface area contributed by atoms with Crippen molar-refractivity contribution >= 4 is 15.7 Å².